The average Bonchev–Trinajstić information content (AvgIpc) is 2.84. The van der Waals surface area contributed by atoms with E-state index in [4.69, 9.17) is 4.42 Å². The second kappa shape index (κ2) is 5.93. The van der Waals surface area contributed by atoms with Crippen molar-refractivity contribution in [2.45, 2.75) is 19.5 Å². The molecule has 21 heavy (non-hydrogen) atoms. The van der Waals surface area contributed by atoms with Crippen LogP contribution < -0.4 is 11.1 Å². The van der Waals surface area contributed by atoms with E-state index in [1.807, 2.05) is 36.4 Å². The number of hydrogen-bond donors (Lipinski definition) is 1. The highest BCUT2D eigenvalue weighted by Crippen LogP contribution is 2.12. The van der Waals surface area contributed by atoms with Gasteiger partial charge in [0.1, 0.15) is 0 Å². The minimum atomic E-state index is -0.316. The zero-order valence-corrected chi connectivity index (χ0v) is 11.8. The molecule has 0 aliphatic carbocycles. The summed E-state index contributed by atoms with van der Waals surface area (Å²) in [5, 5.41) is 3.37. The fraction of sp³-hybridized carbons (Fsp3) is 0.250. The van der Waals surface area contributed by atoms with Crippen LogP contribution in [0.15, 0.2) is 57.9 Å². The molecule has 0 saturated carbocycles. The van der Waals surface area contributed by atoms with Gasteiger partial charge >= 0.3 is 5.76 Å². The predicted molar refractivity (Wildman–Crippen MR) is 81.1 cm³/mol. The van der Waals surface area contributed by atoms with E-state index in [0.29, 0.717) is 18.7 Å². The summed E-state index contributed by atoms with van der Waals surface area (Å²) in [4.78, 5) is 16.2. The molecule has 0 bridgehead atoms. The highest BCUT2D eigenvalue weighted by Gasteiger charge is 2.09. The first-order chi connectivity index (χ1) is 10.3. The minimum Gasteiger partial charge on any atom is -0.408 e. The summed E-state index contributed by atoms with van der Waals surface area (Å²) in [7, 11) is 0. The summed E-state index contributed by atoms with van der Waals surface area (Å²) in [6.45, 7) is 3.28. The molecule has 3 rings (SSSR count). The fourth-order valence-electron chi connectivity index (χ4n) is 2.36. The predicted octanol–water partition coefficient (Wildman–Crippen LogP) is 2.34. The molecule has 0 amide bonds. The van der Waals surface area contributed by atoms with E-state index >= 15 is 0 Å². The topological polar surface area (TPSA) is 60.1 Å². The van der Waals surface area contributed by atoms with Gasteiger partial charge in [-0.25, -0.2) is 4.79 Å². The van der Waals surface area contributed by atoms with Crippen LogP contribution in [0.25, 0.3) is 11.1 Å². The summed E-state index contributed by atoms with van der Waals surface area (Å²) in [5.41, 5.74) is 2.44. The van der Waals surface area contributed by atoms with Gasteiger partial charge in [0, 0.05) is 25.3 Å². The monoisotopic (exact) mass is 283 g/mol. The van der Waals surface area contributed by atoms with Crippen molar-refractivity contribution in [1.29, 1.82) is 0 Å². The van der Waals surface area contributed by atoms with Crippen LogP contribution in [0.1, 0.15) is 18.7 Å². The molecule has 0 saturated heterocycles. The lowest BCUT2D eigenvalue weighted by molar-refractivity contribution is 0.476. The van der Waals surface area contributed by atoms with Gasteiger partial charge in [-0.3, -0.25) is 9.55 Å². The molecule has 2 heterocycles. The van der Waals surface area contributed by atoms with Gasteiger partial charge in [-0.1, -0.05) is 18.2 Å². The third-order valence-corrected chi connectivity index (χ3v) is 3.49. The van der Waals surface area contributed by atoms with Gasteiger partial charge in [0.25, 0.3) is 0 Å². The van der Waals surface area contributed by atoms with Gasteiger partial charge in [-0.2, -0.15) is 0 Å². The maximum absolute atomic E-state index is 11.8. The van der Waals surface area contributed by atoms with E-state index in [1.165, 1.54) is 0 Å². The number of pyridine rings is 1. The van der Waals surface area contributed by atoms with Crippen molar-refractivity contribution >= 4 is 11.1 Å². The molecular formula is C16H17N3O2. The third-order valence-electron chi connectivity index (χ3n) is 3.49. The molecule has 2 aromatic heterocycles. The molecule has 5 nitrogen and oxygen atoms in total. The lowest BCUT2D eigenvalue weighted by Crippen LogP contribution is -2.27. The van der Waals surface area contributed by atoms with E-state index in [1.54, 1.807) is 16.8 Å². The molecular weight excluding hydrogens is 266 g/mol. The maximum Gasteiger partial charge on any atom is 0.419 e. The molecule has 0 aliphatic heterocycles. The molecule has 0 radical (unpaired) electrons. The SMILES string of the molecule is C[C@@H](NCCn1c(=O)oc2ccccc21)c1ccccn1. The molecule has 5 heteroatoms. The van der Waals surface area contributed by atoms with Gasteiger partial charge in [0.05, 0.1) is 11.2 Å². The summed E-state index contributed by atoms with van der Waals surface area (Å²) in [6.07, 6.45) is 1.78. The van der Waals surface area contributed by atoms with Crippen molar-refractivity contribution in [1.82, 2.24) is 14.9 Å². The van der Waals surface area contributed by atoms with Crippen molar-refractivity contribution in [3.05, 3.63) is 64.9 Å². The Labute approximate surface area is 122 Å². The molecule has 1 aromatic carbocycles. The van der Waals surface area contributed by atoms with Crippen LogP contribution in [0.4, 0.5) is 0 Å². The first-order valence-electron chi connectivity index (χ1n) is 6.98. The lowest BCUT2D eigenvalue weighted by Gasteiger charge is -2.13. The Balaban J connectivity index is 1.67. The summed E-state index contributed by atoms with van der Waals surface area (Å²) in [5.74, 6) is -0.316. The zero-order valence-electron chi connectivity index (χ0n) is 11.8. The normalized spacial score (nSPS) is 12.6. The van der Waals surface area contributed by atoms with E-state index in [9.17, 15) is 4.79 Å². The molecule has 3 aromatic rings. The number of para-hydroxylation sites is 2. The number of nitrogens with zero attached hydrogens (tertiary/aromatic N) is 2. The third kappa shape index (κ3) is 2.87. The number of fused-ring (bicyclic) bond motifs is 1. The summed E-state index contributed by atoms with van der Waals surface area (Å²) >= 11 is 0. The Morgan fingerprint density at radius 1 is 1.24 bits per heavy atom. The molecule has 0 spiro atoms. The van der Waals surface area contributed by atoms with Crippen LogP contribution in [0.2, 0.25) is 0 Å². The second-order valence-corrected chi connectivity index (χ2v) is 4.92. The van der Waals surface area contributed by atoms with E-state index in [-0.39, 0.29) is 11.8 Å². The number of hydrogen-bond acceptors (Lipinski definition) is 4. The van der Waals surface area contributed by atoms with Crippen molar-refractivity contribution in [3.8, 4) is 0 Å². The Morgan fingerprint density at radius 2 is 2.05 bits per heavy atom. The molecule has 0 aliphatic rings. The highest BCUT2D eigenvalue weighted by molar-refractivity contribution is 5.72. The standard InChI is InChI=1S/C16H17N3O2/c1-12(13-6-4-5-9-18-13)17-10-11-19-14-7-2-3-8-15(14)21-16(19)20/h2-9,12,17H,10-11H2,1H3/t12-/m1/s1. The number of nitrogens with one attached hydrogen (secondary N) is 1. The number of benzene rings is 1. The fourth-order valence-corrected chi connectivity index (χ4v) is 2.36. The largest absolute Gasteiger partial charge is 0.419 e. The van der Waals surface area contributed by atoms with E-state index in [2.05, 4.69) is 17.2 Å². The van der Waals surface area contributed by atoms with Crippen molar-refractivity contribution in [2.75, 3.05) is 6.54 Å². The van der Waals surface area contributed by atoms with Gasteiger partial charge < -0.3 is 9.73 Å². The Bertz CT molecular complexity index is 777. The van der Waals surface area contributed by atoms with Crippen molar-refractivity contribution in [3.63, 3.8) is 0 Å². The Hall–Kier alpha value is -2.40. The minimum absolute atomic E-state index is 0.139. The quantitative estimate of drug-likeness (QED) is 0.780. The highest BCUT2D eigenvalue weighted by atomic mass is 16.4. The molecule has 1 N–H and O–H groups in total. The first kappa shape index (κ1) is 13.6. The second-order valence-electron chi connectivity index (χ2n) is 4.92. The van der Waals surface area contributed by atoms with E-state index < -0.39 is 0 Å². The van der Waals surface area contributed by atoms with Crippen LogP contribution >= 0.6 is 0 Å². The first-order valence-corrected chi connectivity index (χ1v) is 6.98. The van der Waals surface area contributed by atoms with Crippen molar-refractivity contribution in [2.24, 2.45) is 0 Å². The number of aromatic nitrogens is 2. The molecule has 108 valence electrons. The average molecular weight is 283 g/mol. The van der Waals surface area contributed by atoms with Crippen LogP contribution in [0.3, 0.4) is 0 Å². The summed E-state index contributed by atoms with van der Waals surface area (Å²) in [6, 6.07) is 13.4. The van der Waals surface area contributed by atoms with Crippen molar-refractivity contribution < 1.29 is 4.42 Å². The molecule has 1 atom stereocenters. The number of oxazole rings is 1. The van der Waals surface area contributed by atoms with Crippen LogP contribution in [0, 0.1) is 0 Å². The zero-order chi connectivity index (χ0) is 14.7. The van der Waals surface area contributed by atoms with Gasteiger partial charge in [-0.15, -0.1) is 0 Å². The Morgan fingerprint density at radius 3 is 2.86 bits per heavy atom. The van der Waals surface area contributed by atoms with Gasteiger partial charge in [0.2, 0.25) is 0 Å². The van der Waals surface area contributed by atoms with Gasteiger partial charge in [-0.05, 0) is 31.2 Å². The number of rotatable bonds is 5. The smallest absolute Gasteiger partial charge is 0.408 e. The van der Waals surface area contributed by atoms with Crippen LogP contribution in [-0.2, 0) is 6.54 Å². The van der Waals surface area contributed by atoms with Gasteiger partial charge in [0.15, 0.2) is 5.58 Å². The molecule has 0 unspecified atom stereocenters. The Kier molecular flexibility index (Phi) is 3.83. The van der Waals surface area contributed by atoms with Crippen LogP contribution in [0.5, 0.6) is 0 Å². The molecule has 0 fully saturated rings. The maximum atomic E-state index is 11.8. The lowest BCUT2D eigenvalue weighted by atomic mass is 10.2. The van der Waals surface area contributed by atoms with E-state index in [0.717, 1.165) is 11.2 Å². The summed E-state index contributed by atoms with van der Waals surface area (Å²) < 4.78 is 6.85. The van der Waals surface area contributed by atoms with Crippen LogP contribution in [-0.4, -0.2) is 16.1 Å².